The van der Waals surface area contributed by atoms with Gasteiger partial charge in [-0.15, -0.1) is 0 Å². The Kier molecular flexibility index (Phi) is 3.44. The van der Waals surface area contributed by atoms with E-state index in [9.17, 15) is 4.79 Å². The Morgan fingerprint density at radius 1 is 1.56 bits per heavy atom. The lowest BCUT2D eigenvalue weighted by Crippen LogP contribution is -2.47. The molecule has 16 heavy (non-hydrogen) atoms. The number of ether oxygens (including phenoxy) is 1. The van der Waals surface area contributed by atoms with Gasteiger partial charge in [-0.25, -0.2) is 0 Å². The van der Waals surface area contributed by atoms with E-state index >= 15 is 0 Å². The predicted octanol–water partition coefficient (Wildman–Crippen LogP) is 0.592. The molecule has 5 heteroatoms. The van der Waals surface area contributed by atoms with Crippen LogP contribution in [0.25, 0.3) is 0 Å². The van der Waals surface area contributed by atoms with Gasteiger partial charge in [0.1, 0.15) is 0 Å². The molecule has 0 bridgehead atoms. The van der Waals surface area contributed by atoms with Crippen molar-refractivity contribution in [3.05, 3.63) is 0 Å². The Morgan fingerprint density at radius 2 is 2.25 bits per heavy atom. The third-order valence-electron chi connectivity index (χ3n) is 3.27. The third-order valence-corrected chi connectivity index (χ3v) is 3.52. The van der Waals surface area contributed by atoms with Gasteiger partial charge in [-0.05, 0) is 32.1 Å². The number of amides is 1. The van der Waals surface area contributed by atoms with Crippen molar-refractivity contribution in [1.29, 1.82) is 0 Å². The van der Waals surface area contributed by atoms with E-state index in [0.717, 1.165) is 19.3 Å². The molecule has 4 nitrogen and oxygen atoms in total. The SMILES string of the molecule is CC1CC(C(=O)NC(C(N)=S)C2CC2)CO1. The van der Waals surface area contributed by atoms with Gasteiger partial charge in [-0.3, -0.25) is 4.79 Å². The molecule has 1 heterocycles. The maximum atomic E-state index is 11.9. The van der Waals surface area contributed by atoms with Crippen LogP contribution >= 0.6 is 12.2 Å². The van der Waals surface area contributed by atoms with Gasteiger partial charge in [0.05, 0.1) is 29.7 Å². The second-order valence-corrected chi connectivity index (χ2v) is 5.27. The number of thiocarbonyl (C=S) groups is 1. The molecule has 3 atom stereocenters. The second kappa shape index (κ2) is 4.67. The van der Waals surface area contributed by atoms with E-state index in [4.69, 9.17) is 22.7 Å². The molecule has 1 saturated carbocycles. The lowest BCUT2D eigenvalue weighted by atomic mass is 10.0. The van der Waals surface area contributed by atoms with Crippen LogP contribution in [0.3, 0.4) is 0 Å². The van der Waals surface area contributed by atoms with Crippen molar-refractivity contribution in [3.8, 4) is 0 Å². The Balaban J connectivity index is 1.87. The van der Waals surface area contributed by atoms with Crippen molar-refractivity contribution in [1.82, 2.24) is 5.32 Å². The van der Waals surface area contributed by atoms with Crippen molar-refractivity contribution in [2.24, 2.45) is 17.6 Å². The monoisotopic (exact) mass is 242 g/mol. The summed E-state index contributed by atoms with van der Waals surface area (Å²) in [6, 6.07) is -0.113. The van der Waals surface area contributed by atoms with Crippen LogP contribution in [0.2, 0.25) is 0 Å². The fraction of sp³-hybridized carbons (Fsp3) is 0.818. The van der Waals surface area contributed by atoms with E-state index in [1.54, 1.807) is 0 Å². The van der Waals surface area contributed by atoms with E-state index in [2.05, 4.69) is 5.32 Å². The van der Waals surface area contributed by atoms with Crippen LogP contribution in [-0.2, 0) is 9.53 Å². The highest BCUT2D eigenvalue weighted by Crippen LogP contribution is 2.33. The summed E-state index contributed by atoms with van der Waals surface area (Å²) >= 11 is 4.98. The number of hydrogen-bond donors (Lipinski definition) is 2. The summed E-state index contributed by atoms with van der Waals surface area (Å²) in [6.45, 7) is 2.50. The van der Waals surface area contributed by atoms with Crippen molar-refractivity contribution in [2.45, 2.75) is 38.3 Å². The van der Waals surface area contributed by atoms with Gasteiger partial charge in [0.25, 0.3) is 0 Å². The highest BCUT2D eigenvalue weighted by Gasteiger charge is 2.36. The summed E-state index contributed by atoms with van der Waals surface area (Å²) in [6.07, 6.45) is 3.19. The van der Waals surface area contributed by atoms with Crippen LogP contribution in [0.15, 0.2) is 0 Å². The molecule has 90 valence electrons. The van der Waals surface area contributed by atoms with Crippen LogP contribution in [0.4, 0.5) is 0 Å². The van der Waals surface area contributed by atoms with Crippen molar-refractivity contribution in [2.75, 3.05) is 6.61 Å². The van der Waals surface area contributed by atoms with Gasteiger partial charge in [-0.2, -0.15) is 0 Å². The molecule has 1 aliphatic carbocycles. The maximum Gasteiger partial charge on any atom is 0.226 e. The molecule has 0 radical (unpaired) electrons. The molecular formula is C11H18N2O2S. The number of carbonyl (C=O) groups excluding carboxylic acids is 1. The van der Waals surface area contributed by atoms with Gasteiger partial charge in [0, 0.05) is 0 Å². The van der Waals surface area contributed by atoms with Gasteiger partial charge in [0.15, 0.2) is 0 Å². The molecule has 0 aromatic rings. The van der Waals surface area contributed by atoms with E-state index in [1.165, 1.54) is 0 Å². The van der Waals surface area contributed by atoms with Crippen LogP contribution in [0, 0.1) is 11.8 Å². The van der Waals surface area contributed by atoms with Crippen LogP contribution in [-0.4, -0.2) is 29.6 Å². The van der Waals surface area contributed by atoms with Crippen molar-refractivity contribution < 1.29 is 9.53 Å². The molecular weight excluding hydrogens is 224 g/mol. The fourth-order valence-electron chi connectivity index (χ4n) is 2.12. The van der Waals surface area contributed by atoms with Crippen LogP contribution in [0.5, 0.6) is 0 Å². The highest BCUT2D eigenvalue weighted by molar-refractivity contribution is 7.80. The Morgan fingerprint density at radius 3 is 2.69 bits per heavy atom. The Hall–Kier alpha value is -0.680. The minimum Gasteiger partial charge on any atom is -0.392 e. The maximum absolute atomic E-state index is 11.9. The second-order valence-electron chi connectivity index (χ2n) is 4.80. The standard InChI is InChI=1S/C11H18N2O2S/c1-6-4-8(5-15-6)11(14)13-9(10(12)16)7-2-3-7/h6-9H,2-5H2,1H3,(H2,12,16)(H,13,14). The molecule has 3 unspecified atom stereocenters. The lowest BCUT2D eigenvalue weighted by molar-refractivity contribution is -0.125. The van der Waals surface area contributed by atoms with E-state index < -0.39 is 0 Å². The molecule has 0 spiro atoms. The lowest BCUT2D eigenvalue weighted by Gasteiger charge is -2.18. The average molecular weight is 242 g/mol. The third kappa shape index (κ3) is 2.71. The first-order valence-electron chi connectivity index (χ1n) is 5.79. The summed E-state index contributed by atoms with van der Waals surface area (Å²) in [4.78, 5) is 12.3. The zero-order valence-corrected chi connectivity index (χ0v) is 10.3. The number of carbonyl (C=O) groups is 1. The first kappa shape index (κ1) is 11.8. The smallest absolute Gasteiger partial charge is 0.226 e. The Labute approximate surface area is 101 Å². The molecule has 0 aromatic heterocycles. The van der Waals surface area contributed by atoms with Gasteiger partial charge >= 0.3 is 0 Å². The number of nitrogens with one attached hydrogen (secondary N) is 1. The van der Waals surface area contributed by atoms with Crippen LogP contribution in [0.1, 0.15) is 26.2 Å². The zero-order valence-electron chi connectivity index (χ0n) is 9.44. The van der Waals surface area contributed by atoms with Crippen molar-refractivity contribution in [3.63, 3.8) is 0 Å². The first-order valence-corrected chi connectivity index (χ1v) is 6.20. The Bertz CT molecular complexity index is 304. The van der Waals surface area contributed by atoms with Crippen molar-refractivity contribution >= 4 is 23.1 Å². The summed E-state index contributed by atoms with van der Waals surface area (Å²) < 4.78 is 5.38. The summed E-state index contributed by atoms with van der Waals surface area (Å²) in [5.41, 5.74) is 5.64. The fourth-order valence-corrected chi connectivity index (χ4v) is 2.37. The molecule has 1 saturated heterocycles. The largest absolute Gasteiger partial charge is 0.392 e. The van der Waals surface area contributed by atoms with E-state index in [0.29, 0.717) is 17.5 Å². The molecule has 2 rings (SSSR count). The molecule has 2 fully saturated rings. The van der Waals surface area contributed by atoms with Gasteiger partial charge < -0.3 is 15.8 Å². The zero-order chi connectivity index (χ0) is 11.7. The highest BCUT2D eigenvalue weighted by atomic mass is 32.1. The molecule has 0 aromatic carbocycles. The summed E-state index contributed by atoms with van der Waals surface area (Å²) in [5, 5.41) is 2.96. The molecule has 2 aliphatic rings. The minimum atomic E-state index is -0.113. The molecule has 1 aliphatic heterocycles. The van der Waals surface area contributed by atoms with Crippen LogP contribution < -0.4 is 11.1 Å². The average Bonchev–Trinajstić information content (AvgIpc) is 2.96. The van der Waals surface area contributed by atoms with Gasteiger partial charge in [-0.1, -0.05) is 12.2 Å². The minimum absolute atomic E-state index is 0.0362. The summed E-state index contributed by atoms with van der Waals surface area (Å²) in [5.74, 6) is 0.459. The normalized spacial score (nSPS) is 31.1. The number of hydrogen-bond acceptors (Lipinski definition) is 3. The van der Waals surface area contributed by atoms with E-state index in [-0.39, 0.29) is 24.0 Å². The number of nitrogens with two attached hydrogens (primary N) is 1. The molecule has 1 amide bonds. The molecule has 3 N–H and O–H groups in total. The first-order chi connectivity index (χ1) is 7.58. The van der Waals surface area contributed by atoms with Gasteiger partial charge in [0.2, 0.25) is 5.91 Å². The summed E-state index contributed by atoms with van der Waals surface area (Å²) in [7, 11) is 0. The predicted molar refractivity (Wildman–Crippen MR) is 65.0 cm³/mol. The topological polar surface area (TPSA) is 64.4 Å². The van der Waals surface area contributed by atoms with E-state index in [1.807, 2.05) is 6.92 Å². The number of rotatable bonds is 4. The quantitative estimate of drug-likeness (QED) is 0.708.